The molecule has 0 radical (unpaired) electrons. The maximum absolute atomic E-state index is 11.8. The lowest BCUT2D eigenvalue weighted by atomic mass is 9.89. The number of benzene rings is 1. The maximum atomic E-state index is 11.8. The zero-order valence-corrected chi connectivity index (χ0v) is 9.27. The topological polar surface area (TPSA) is 41.1 Å². The second kappa shape index (κ2) is 3.83. The van der Waals surface area contributed by atoms with Gasteiger partial charge >= 0.3 is 0 Å². The Morgan fingerprint density at radius 2 is 2.07 bits per heavy atom. The molecule has 1 atom stereocenters. The molecule has 0 aromatic heterocycles. The number of rotatable bonds is 2. The van der Waals surface area contributed by atoms with Crippen LogP contribution in [0.1, 0.15) is 13.3 Å². The van der Waals surface area contributed by atoms with Crippen LogP contribution in [-0.4, -0.2) is 18.0 Å². The van der Waals surface area contributed by atoms with Crippen LogP contribution in [0.3, 0.4) is 0 Å². The van der Waals surface area contributed by atoms with Crippen molar-refractivity contribution in [3.8, 4) is 0 Å². The van der Waals surface area contributed by atoms with E-state index in [-0.39, 0.29) is 5.91 Å². The maximum Gasteiger partial charge on any atom is 0.244 e. The molecule has 1 aliphatic rings. The van der Waals surface area contributed by atoms with Crippen molar-refractivity contribution in [1.82, 2.24) is 5.32 Å². The SMILES string of the molecule is CC1(C(=O)Nc2ccc(Cl)cc2)CCN1. The molecule has 80 valence electrons. The van der Waals surface area contributed by atoms with Crippen LogP contribution in [-0.2, 0) is 4.79 Å². The van der Waals surface area contributed by atoms with E-state index in [0.29, 0.717) is 5.02 Å². The predicted molar refractivity (Wildman–Crippen MR) is 61.1 cm³/mol. The molecule has 1 unspecified atom stereocenters. The van der Waals surface area contributed by atoms with Gasteiger partial charge in [0.05, 0.1) is 5.54 Å². The second-order valence-electron chi connectivity index (χ2n) is 3.97. The highest BCUT2D eigenvalue weighted by Gasteiger charge is 2.38. The van der Waals surface area contributed by atoms with Crippen molar-refractivity contribution in [3.05, 3.63) is 29.3 Å². The first-order valence-corrected chi connectivity index (χ1v) is 5.30. The highest BCUT2D eigenvalue weighted by Crippen LogP contribution is 2.21. The van der Waals surface area contributed by atoms with Crippen molar-refractivity contribution in [2.24, 2.45) is 0 Å². The second-order valence-corrected chi connectivity index (χ2v) is 4.41. The quantitative estimate of drug-likeness (QED) is 0.807. The molecule has 1 amide bonds. The van der Waals surface area contributed by atoms with Gasteiger partial charge < -0.3 is 10.6 Å². The molecule has 0 aliphatic carbocycles. The molecule has 1 aromatic rings. The molecule has 2 N–H and O–H groups in total. The summed E-state index contributed by atoms with van der Waals surface area (Å²) < 4.78 is 0. The summed E-state index contributed by atoms with van der Waals surface area (Å²) in [5.74, 6) is 0.0103. The number of hydrogen-bond acceptors (Lipinski definition) is 2. The Kier molecular flexibility index (Phi) is 2.67. The van der Waals surface area contributed by atoms with Gasteiger partial charge in [-0.05, 0) is 44.2 Å². The standard InChI is InChI=1S/C11H13ClN2O/c1-11(6-7-13-11)10(15)14-9-4-2-8(12)3-5-9/h2-5,13H,6-7H2,1H3,(H,14,15). The minimum absolute atomic E-state index is 0.0103. The summed E-state index contributed by atoms with van der Waals surface area (Å²) in [5.41, 5.74) is 0.374. The van der Waals surface area contributed by atoms with Crippen LogP contribution < -0.4 is 10.6 Å². The summed E-state index contributed by atoms with van der Waals surface area (Å²) in [5, 5.41) is 6.63. The van der Waals surface area contributed by atoms with Crippen molar-refractivity contribution in [3.63, 3.8) is 0 Å². The predicted octanol–water partition coefficient (Wildman–Crippen LogP) is 2.03. The number of carbonyl (C=O) groups excluding carboxylic acids is 1. The first-order valence-electron chi connectivity index (χ1n) is 4.92. The monoisotopic (exact) mass is 224 g/mol. The zero-order chi connectivity index (χ0) is 10.9. The molecule has 0 bridgehead atoms. The third kappa shape index (κ3) is 2.13. The van der Waals surface area contributed by atoms with Crippen molar-refractivity contribution < 1.29 is 4.79 Å². The van der Waals surface area contributed by atoms with Gasteiger partial charge in [0, 0.05) is 10.7 Å². The largest absolute Gasteiger partial charge is 0.324 e. The normalized spacial score (nSPS) is 24.4. The van der Waals surface area contributed by atoms with Crippen molar-refractivity contribution in [2.75, 3.05) is 11.9 Å². The van der Waals surface area contributed by atoms with Gasteiger partial charge in [0.2, 0.25) is 5.91 Å². The van der Waals surface area contributed by atoms with Gasteiger partial charge in [-0.3, -0.25) is 4.79 Å². The summed E-state index contributed by atoms with van der Waals surface area (Å²) in [6, 6.07) is 7.10. The van der Waals surface area contributed by atoms with Crippen LogP contribution in [0, 0.1) is 0 Å². The van der Waals surface area contributed by atoms with Crippen molar-refractivity contribution >= 4 is 23.2 Å². The highest BCUT2D eigenvalue weighted by atomic mass is 35.5. The molecule has 0 spiro atoms. The smallest absolute Gasteiger partial charge is 0.244 e. The third-order valence-electron chi connectivity index (χ3n) is 2.74. The lowest BCUT2D eigenvalue weighted by Gasteiger charge is -2.38. The number of amides is 1. The van der Waals surface area contributed by atoms with E-state index in [1.165, 1.54) is 0 Å². The van der Waals surface area contributed by atoms with Gasteiger partial charge in [-0.1, -0.05) is 11.6 Å². The fourth-order valence-corrected chi connectivity index (χ4v) is 1.62. The van der Waals surface area contributed by atoms with Crippen LogP contribution in [0.15, 0.2) is 24.3 Å². The molecule has 1 fully saturated rings. The van der Waals surface area contributed by atoms with E-state index >= 15 is 0 Å². The van der Waals surface area contributed by atoms with Crippen molar-refractivity contribution in [1.29, 1.82) is 0 Å². The molecule has 2 rings (SSSR count). The molecule has 3 nitrogen and oxygen atoms in total. The first-order chi connectivity index (χ1) is 7.10. The Labute approximate surface area is 93.8 Å². The first kappa shape index (κ1) is 10.5. The average molecular weight is 225 g/mol. The number of hydrogen-bond donors (Lipinski definition) is 2. The van der Waals surface area contributed by atoms with Crippen LogP contribution in [0.25, 0.3) is 0 Å². The zero-order valence-electron chi connectivity index (χ0n) is 8.51. The fourth-order valence-electron chi connectivity index (χ4n) is 1.50. The van der Waals surface area contributed by atoms with Gasteiger partial charge in [0.25, 0.3) is 0 Å². The van der Waals surface area contributed by atoms with E-state index in [4.69, 9.17) is 11.6 Å². The van der Waals surface area contributed by atoms with Gasteiger partial charge in [0.1, 0.15) is 0 Å². The number of anilines is 1. The summed E-state index contributed by atoms with van der Waals surface area (Å²) in [4.78, 5) is 11.8. The number of carbonyl (C=O) groups is 1. The van der Waals surface area contributed by atoms with E-state index in [2.05, 4.69) is 10.6 Å². The Balaban J connectivity index is 2.02. The Morgan fingerprint density at radius 3 is 2.53 bits per heavy atom. The summed E-state index contributed by atoms with van der Waals surface area (Å²) in [7, 11) is 0. The molecule has 1 aromatic carbocycles. The van der Waals surface area contributed by atoms with E-state index in [9.17, 15) is 4.79 Å². The highest BCUT2D eigenvalue weighted by molar-refractivity contribution is 6.30. The number of nitrogens with one attached hydrogen (secondary N) is 2. The van der Waals surface area contributed by atoms with E-state index in [1.807, 2.05) is 6.92 Å². The molecule has 1 saturated heterocycles. The van der Waals surface area contributed by atoms with Crippen LogP contribution >= 0.6 is 11.6 Å². The van der Waals surface area contributed by atoms with Crippen LogP contribution in [0.4, 0.5) is 5.69 Å². The van der Waals surface area contributed by atoms with Gasteiger partial charge in [-0.25, -0.2) is 0 Å². The van der Waals surface area contributed by atoms with Gasteiger partial charge in [-0.15, -0.1) is 0 Å². The lowest BCUT2D eigenvalue weighted by molar-refractivity contribution is -0.124. The van der Waals surface area contributed by atoms with E-state index < -0.39 is 5.54 Å². The minimum atomic E-state index is -0.403. The Hall–Kier alpha value is -1.06. The molecule has 0 saturated carbocycles. The molecule has 15 heavy (non-hydrogen) atoms. The fraction of sp³-hybridized carbons (Fsp3) is 0.364. The lowest BCUT2D eigenvalue weighted by Crippen LogP contribution is -2.61. The summed E-state index contributed by atoms with van der Waals surface area (Å²) in [6.45, 7) is 2.81. The van der Waals surface area contributed by atoms with Gasteiger partial charge in [0.15, 0.2) is 0 Å². The van der Waals surface area contributed by atoms with E-state index in [0.717, 1.165) is 18.7 Å². The Morgan fingerprint density at radius 1 is 1.47 bits per heavy atom. The van der Waals surface area contributed by atoms with Crippen molar-refractivity contribution in [2.45, 2.75) is 18.9 Å². The summed E-state index contributed by atoms with van der Waals surface area (Å²) in [6.07, 6.45) is 0.881. The third-order valence-corrected chi connectivity index (χ3v) is 3.00. The summed E-state index contributed by atoms with van der Waals surface area (Å²) >= 11 is 5.75. The van der Waals surface area contributed by atoms with E-state index in [1.54, 1.807) is 24.3 Å². The molecular formula is C11H13ClN2O. The average Bonchev–Trinajstić information content (AvgIpc) is 2.18. The molecule has 4 heteroatoms. The molecular weight excluding hydrogens is 212 g/mol. The van der Waals surface area contributed by atoms with Gasteiger partial charge in [-0.2, -0.15) is 0 Å². The van der Waals surface area contributed by atoms with Crippen LogP contribution in [0.2, 0.25) is 5.02 Å². The minimum Gasteiger partial charge on any atom is -0.324 e. The number of halogens is 1. The molecule has 1 aliphatic heterocycles. The Bertz CT molecular complexity index is 371. The van der Waals surface area contributed by atoms with Crippen LogP contribution in [0.5, 0.6) is 0 Å². The molecule has 1 heterocycles.